The number of hydrogen-bond donors (Lipinski definition) is 3. The molecule has 3 amide bonds. The fraction of sp³-hybridized carbons (Fsp3) is 0.0667. The van der Waals surface area contributed by atoms with Crippen LogP contribution in [0.2, 0.25) is 5.02 Å². The molecule has 106 valence electrons. The minimum Gasteiger partial charge on any atom is -0.352 e. The SMILES string of the molecule is NC(=O)N[C@@]1(c2ccc(Cl)cc2)NC(=O)c2ccccc21. The minimum absolute atomic E-state index is 0.269. The van der Waals surface area contributed by atoms with E-state index in [1.165, 1.54) is 0 Å². The Morgan fingerprint density at radius 3 is 2.48 bits per heavy atom. The van der Waals surface area contributed by atoms with Gasteiger partial charge in [-0.25, -0.2) is 4.79 Å². The van der Waals surface area contributed by atoms with Crippen LogP contribution in [-0.2, 0) is 5.66 Å². The molecule has 0 saturated heterocycles. The van der Waals surface area contributed by atoms with Crippen LogP contribution in [0.1, 0.15) is 21.5 Å². The maximum Gasteiger partial charge on any atom is 0.314 e. The Morgan fingerprint density at radius 2 is 1.81 bits per heavy atom. The quantitative estimate of drug-likeness (QED) is 0.792. The van der Waals surface area contributed by atoms with Crippen LogP contribution < -0.4 is 16.4 Å². The van der Waals surface area contributed by atoms with E-state index in [9.17, 15) is 9.59 Å². The number of nitrogens with two attached hydrogens (primary N) is 1. The molecule has 0 aliphatic carbocycles. The first-order chi connectivity index (χ1) is 10.0. The fourth-order valence-electron chi connectivity index (χ4n) is 2.60. The Bertz CT molecular complexity index is 726. The number of urea groups is 1. The topological polar surface area (TPSA) is 84.2 Å². The molecule has 21 heavy (non-hydrogen) atoms. The molecule has 0 bridgehead atoms. The van der Waals surface area contributed by atoms with Crippen LogP contribution >= 0.6 is 11.6 Å². The number of halogens is 1. The lowest BCUT2D eigenvalue weighted by molar-refractivity contribution is 0.0934. The highest BCUT2D eigenvalue weighted by atomic mass is 35.5. The van der Waals surface area contributed by atoms with Crippen LogP contribution in [0.4, 0.5) is 4.79 Å². The van der Waals surface area contributed by atoms with Gasteiger partial charge in [-0.2, -0.15) is 0 Å². The van der Waals surface area contributed by atoms with Gasteiger partial charge in [0.05, 0.1) is 0 Å². The highest BCUT2D eigenvalue weighted by Gasteiger charge is 2.45. The first kappa shape index (κ1) is 13.5. The number of amides is 3. The maximum absolute atomic E-state index is 12.2. The van der Waals surface area contributed by atoms with Crippen molar-refractivity contribution in [2.75, 3.05) is 0 Å². The van der Waals surface area contributed by atoms with Gasteiger partial charge in [0.15, 0.2) is 5.66 Å². The molecule has 6 heteroatoms. The standard InChI is InChI=1S/C15H12ClN3O2/c16-10-7-5-9(6-8-10)15(19-14(17)21)12-4-2-1-3-11(12)13(20)18-15/h1-8H,(H,18,20)(H3,17,19,21)/t15-/m1/s1. The van der Waals surface area contributed by atoms with Gasteiger partial charge in [0.25, 0.3) is 5.91 Å². The van der Waals surface area contributed by atoms with Crippen molar-refractivity contribution < 1.29 is 9.59 Å². The molecule has 0 aromatic heterocycles. The zero-order chi connectivity index (χ0) is 15.0. The molecule has 1 heterocycles. The van der Waals surface area contributed by atoms with Gasteiger partial charge in [-0.3, -0.25) is 4.79 Å². The second-order valence-corrected chi connectivity index (χ2v) is 5.18. The summed E-state index contributed by atoms with van der Waals surface area (Å²) in [6, 6.07) is 13.2. The lowest BCUT2D eigenvalue weighted by Gasteiger charge is -2.31. The van der Waals surface area contributed by atoms with Crippen molar-refractivity contribution in [3.63, 3.8) is 0 Å². The summed E-state index contributed by atoms with van der Waals surface area (Å²) in [5, 5.41) is 6.01. The summed E-state index contributed by atoms with van der Waals surface area (Å²) in [5.41, 5.74) is 5.94. The number of nitrogens with one attached hydrogen (secondary N) is 2. The number of primary amides is 1. The summed E-state index contributed by atoms with van der Waals surface area (Å²) in [7, 11) is 0. The van der Waals surface area contributed by atoms with E-state index in [0.29, 0.717) is 21.7 Å². The van der Waals surface area contributed by atoms with E-state index in [2.05, 4.69) is 10.6 Å². The minimum atomic E-state index is -1.18. The molecule has 0 fully saturated rings. The number of carbonyl (C=O) groups is 2. The number of carbonyl (C=O) groups excluding carboxylic acids is 2. The van der Waals surface area contributed by atoms with E-state index in [-0.39, 0.29) is 5.91 Å². The second kappa shape index (κ2) is 4.79. The summed E-state index contributed by atoms with van der Waals surface area (Å²) < 4.78 is 0. The van der Waals surface area contributed by atoms with Gasteiger partial charge < -0.3 is 16.4 Å². The third-order valence-corrected chi connectivity index (χ3v) is 3.72. The van der Waals surface area contributed by atoms with Crippen molar-refractivity contribution in [3.8, 4) is 0 Å². The summed E-state index contributed by atoms with van der Waals surface area (Å²) >= 11 is 5.90. The van der Waals surface area contributed by atoms with Crippen LogP contribution in [0.3, 0.4) is 0 Å². The van der Waals surface area contributed by atoms with Gasteiger partial charge in [-0.15, -0.1) is 0 Å². The lowest BCUT2D eigenvalue weighted by atomic mass is 9.91. The molecule has 1 aliphatic rings. The highest BCUT2D eigenvalue weighted by molar-refractivity contribution is 6.30. The lowest BCUT2D eigenvalue weighted by Crippen LogP contribution is -2.56. The molecule has 0 unspecified atom stereocenters. The molecular weight excluding hydrogens is 290 g/mol. The van der Waals surface area contributed by atoms with Gasteiger partial charge >= 0.3 is 6.03 Å². The van der Waals surface area contributed by atoms with E-state index in [1.807, 2.05) is 0 Å². The molecule has 0 spiro atoms. The molecular formula is C15H12ClN3O2. The summed E-state index contributed by atoms with van der Waals surface area (Å²) in [6.07, 6.45) is 0. The highest BCUT2D eigenvalue weighted by Crippen LogP contribution is 2.35. The predicted molar refractivity (Wildman–Crippen MR) is 78.9 cm³/mol. The Kier molecular flexibility index (Phi) is 3.07. The van der Waals surface area contributed by atoms with Crippen LogP contribution in [0.25, 0.3) is 0 Å². The zero-order valence-electron chi connectivity index (χ0n) is 10.9. The van der Waals surface area contributed by atoms with E-state index >= 15 is 0 Å². The first-order valence-corrected chi connectivity index (χ1v) is 6.66. The number of rotatable bonds is 2. The molecule has 4 N–H and O–H groups in total. The van der Waals surface area contributed by atoms with Gasteiger partial charge in [0, 0.05) is 21.7 Å². The Hall–Kier alpha value is -2.53. The van der Waals surface area contributed by atoms with Crippen molar-refractivity contribution >= 4 is 23.5 Å². The Morgan fingerprint density at radius 1 is 1.14 bits per heavy atom. The maximum atomic E-state index is 12.2. The molecule has 2 aromatic rings. The Labute approximate surface area is 126 Å². The van der Waals surface area contributed by atoms with Crippen molar-refractivity contribution in [3.05, 3.63) is 70.2 Å². The van der Waals surface area contributed by atoms with E-state index < -0.39 is 11.7 Å². The summed E-state index contributed by atoms with van der Waals surface area (Å²) in [4.78, 5) is 23.6. The molecule has 3 rings (SSSR count). The number of benzene rings is 2. The van der Waals surface area contributed by atoms with Gasteiger partial charge in [0.2, 0.25) is 0 Å². The second-order valence-electron chi connectivity index (χ2n) is 4.75. The largest absolute Gasteiger partial charge is 0.352 e. The number of fused-ring (bicyclic) bond motifs is 1. The third-order valence-electron chi connectivity index (χ3n) is 3.46. The van der Waals surface area contributed by atoms with Gasteiger partial charge in [-0.05, 0) is 18.2 Å². The molecule has 5 nitrogen and oxygen atoms in total. The average Bonchev–Trinajstić information content (AvgIpc) is 2.73. The van der Waals surface area contributed by atoms with E-state index in [1.54, 1.807) is 48.5 Å². The molecule has 1 atom stereocenters. The van der Waals surface area contributed by atoms with Crippen molar-refractivity contribution in [2.24, 2.45) is 5.73 Å². The summed E-state index contributed by atoms with van der Waals surface area (Å²) in [5.74, 6) is -0.269. The monoisotopic (exact) mass is 301 g/mol. The van der Waals surface area contributed by atoms with Crippen LogP contribution in [0.15, 0.2) is 48.5 Å². The van der Waals surface area contributed by atoms with E-state index in [4.69, 9.17) is 17.3 Å². The summed E-state index contributed by atoms with van der Waals surface area (Å²) in [6.45, 7) is 0. The van der Waals surface area contributed by atoms with Crippen molar-refractivity contribution in [1.82, 2.24) is 10.6 Å². The van der Waals surface area contributed by atoms with Crippen LogP contribution in [-0.4, -0.2) is 11.9 Å². The molecule has 0 radical (unpaired) electrons. The molecule has 0 saturated carbocycles. The first-order valence-electron chi connectivity index (χ1n) is 6.28. The van der Waals surface area contributed by atoms with Crippen LogP contribution in [0.5, 0.6) is 0 Å². The predicted octanol–water partition coefficient (Wildman–Crippen LogP) is 1.95. The zero-order valence-corrected chi connectivity index (χ0v) is 11.6. The normalized spacial score (nSPS) is 19.8. The van der Waals surface area contributed by atoms with Crippen LogP contribution in [0, 0.1) is 0 Å². The van der Waals surface area contributed by atoms with Crippen molar-refractivity contribution in [1.29, 1.82) is 0 Å². The molecule has 1 aliphatic heterocycles. The van der Waals surface area contributed by atoms with Crippen molar-refractivity contribution in [2.45, 2.75) is 5.66 Å². The van der Waals surface area contributed by atoms with Gasteiger partial charge in [-0.1, -0.05) is 41.9 Å². The van der Waals surface area contributed by atoms with E-state index in [0.717, 1.165) is 0 Å². The third kappa shape index (κ3) is 2.11. The van der Waals surface area contributed by atoms with Gasteiger partial charge in [0.1, 0.15) is 0 Å². The average molecular weight is 302 g/mol. The smallest absolute Gasteiger partial charge is 0.314 e. The molecule has 2 aromatic carbocycles. The Balaban J connectivity index is 2.22. The fourth-order valence-corrected chi connectivity index (χ4v) is 2.72. The number of hydrogen-bond acceptors (Lipinski definition) is 2.